The van der Waals surface area contributed by atoms with Crippen LogP contribution in [0.2, 0.25) is 5.02 Å². The molecule has 1 aromatic heterocycles. The number of aromatic nitrogens is 1. The number of benzene rings is 3. The summed E-state index contributed by atoms with van der Waals surface area (Å²) in [4.78, 5) is 26.4. The molecule has 11 nitrogen and oxygen atoms in total. The summed E-state index contributed by atoms with van der Waals surface area (Å²) in [5.41, 5.74) is 11.0. The molecule has 1 aliphatic rings. The van der Waals surface area contributed by atoms with Crippen molar-refractivity contribution in [1.29, 1.82) is 0 Å². The molecule has 0 radical (unpaired) electrons. The average Bonchev–Trinajstić information content (AvgIpc) is 3.07. The first kappa shape index (κ1) is 33.5. The minimum atomic E-state index is -1.08. The highest BCUT2D eigenvalue weighted by atomic mass is 35.5. The zero-order chi connectivity index (χ0) is 33.3. The second kappa shape index (κ2) is 15.6. The van der Waals surface area contributed by atoms with Crippen LogP contribution in [0.3, 0.4) is 0 Å². The Morgan fingerprint density at radius 3 is 2.55 bits per heavy atom. The minimum absolute atomic E-state index is 0.0570. The molecule has 246 valence electrons. The number of aliphatic carboxylic acids is 1. The summed E-state index contributed by atoms with van der Waals surface area (Å²) < 4.78 is 23.8. The topological polar surface area (TPSA) is 162 Å². The zero-order valence-corrected chi connectivity index (χ0v) is 26.6. The molecular weight excluding hydrogens is 626 g/mol. The fraction of sp³-hybridized carbons (Fsp3) is 0.286. The van der Waals surface area contributed by atoms with Crippen LogP contribution in [0.4, 0.5) is 0 Å². The lowest BCUT2D eigenvalue weighted by Gasteiger charge is -2.20. The van der Waals surface area contributed by atoms with Crippen molar-refractivity contribution in [3.8, 4) is 34.1 Å². The molecule has 1 unspecified atom stereocenters. The molecule has 47 heavy (non-hydrogen) atoms. The number of nitrogens with zero attached hydrogens (tertiary/aromatic N) is 1. The van der Waals surface area contributed by atoms with Crippen LogP contribution in [0.5, 0.6) is 23.0 Å². The van der Waals surface area contributed by atoms with Crippen LogP contribution >= 0.6 is 11.6 Å². The maximum absolute atomic E-state index is 11.4. The highest BCUT2D eigenvalue weighted by Crippen LogP contribution is 2.37. The molecule has 5 rings (SSSR count). The quantitative estimate of drug-likeness (QED) is 0.117. The van der Waals surface area contributed by atoms with Crippen molar-refractivity contribution in [3.05, 3.63) is 99.8 Å². The predicted molar refractivity (Wildman–Crippen MR) is 175 cm³/mol. The third-order valence-corrected chi connectivity index (χ3v) is 8.03. The van der Waals surface area contributed by atoms with Gasteiger partial charge in [-0.3, -0.25) is 9.78 Å². The summed E-state index contributed by atoms with van der Waals surface area (Å²) in [6.07, 6.45) is 3.72. The number of aromatic carboxylic acids is 1. The second-order valence-corrected chi connectivity index (χ2v) is 11.5. The van der Waals surface area contributed by atoms with Gasteiger partial charge in [0.2, 0.25) is 0 Å². The third kappa shape index (κ3) is 8.70. The molecule has 0 amide bonds. The van der Waals surface area contributed by atoms with E-state index in [-0.39, 0.29) is 18.8 Å². The van der Waals surface area contributed by atoms with Gasteiger partial charge < -0.3 is 40.2 Å². The number of hydrogen-bond acceptors (Lipinski definition) is 9. The summed E-state index contributed by atoms with van der Waals surface area (Å²) in [7, 11) is 0. The summed E-state index contributed by atoms with van der Waals surface area (Å²) in [6, 6.07) is 16.0. The lowest BCUT2D eigenvalue weighted by atomic mass is 9.96. The van der Waals surface area contributed by atoms with E-state index < -0.39 is 18.0 Å². The van der Waals surface area contributed by atoms with E-state index >= 15 is 0 Å². The van der Waals surface area contributed by atoms with Gasteiger partial charge >= 0.3 is 11.9 Å². The van der Waals surface area contributed by atoms with Gasteiger partial charge in [-0.25, -0.2) is 4.79 Å². The Morgan fingerprint density at radius 2 is 1.77 bits per heavy atom. The summed E-state index contributed by atoms with van der Waals surface area (Å²) in [6.45, 7) is 4.29. The molecule has 1 atom stereocenters. The standard InChI is InChI=1S/C35H36ClN3O8/c1-21-24(4-2-5-27(21)23-7-8-30-33(14-23)45-11-10-44-30)20-47-32-15-31(46-19-22-12-26(34(40)41)18-39-16-22)25(13-28(32)36)17-38-9-3-6-29(37)35(42)43/h2,4-5,7-8,12-16,18,29,38H,3,6,9-11,17,19-20,37H2,1H3,(H,40,41)(H,42,43). The fourth-order valence-corrected chi connectivity index (χ4v) is 5.36. The first-order chi connectivity index (χ1) is 22.7. The number of halogens is 1. The molecule has 3 aromatic carbocycles. The Labute approximate surface area is 277 Å². The van der Waals surface area contributed by atoms with Crippen molar-refractivity contribution in [2.24, 2.45) is 5.73 Å². The van der Waals surface area contributed by atoms with Gasteiger partial charge in [-0.15, -0.1) is 0 Å². The SMILES string of the molecule is Cc1c(COc2cc(OCc3cncc(C(=O)O)c3)c(CNCCCC(N)C(=O)O)cc2Cl)cccc1-c1ccc2c(c1)OCCO2. The van der Waals surface area contributed by atoms with Crippen molar-refractivity contribution in [2.75, 3.05) is 19.8 Å². The average molecular weight is 662 g/mol. The second-order valence-electron chi connectivity index (χ2n) is 11.1. The maximum atomic E-state index is 11.4. The molecular formula is C35H36ClN3O8. The van der Waals surface area contributed by atoms with Crippen LogP contribution < -0.4 is 30.0 Å². The normalized spacial score (nSPS) is 12.7. The largest absolute Gasteiger partial charge is 0.488 e. The van der Waals surface area contributed by atoms with Crippen LogP contribution in [-0.4, -0.2) is 52.9 Å². The molecule has 0 spiro atoms. The van der Waals surface area contributed by atoms with Crippen molar-refractivity contribution in [3.63, 3.8) is 0 Å². The number of nitrogens with two attached hydrogens (primary N) is 1. The number of fused-ring (bicyclic) bond motifs is 1. The molecule has 2 heterocycles. The smallest absolute Gasteiger partial charge is 0.337 e. The first-order valence-electron chi connectivity index (χ1n) is 15.1. The number of hydrogen-bond donors (Lipinski definition) is 4. The van der Waals surface area contributed by atoms with Gasteiger partial charge in [-0.1, -0.05) is 35.9 Å². The molecule has 0 aliphatic carbocycles. The Hall–Kier alpha value is -4.84. The molecule has 0 bridgehead atoms. The Kier molecular flexibility index (Phi) is 11.2. The van der Waals surface area contributed by atoms with Crippen LogP contribution in [0.15, 0.2) is 67.0 Å². The van der Waals surface area contributed by atoms with E-state index in [0.717, 1.165) is 39.3 Å². The van der Waals surface area contributed by atoms with Crippen LogP contribution in [0, 0.1) is 6.92 Å². The molecule has 0 fully saturated rings. The number of ether oxygens (including phenoxy) is 4. The van der Waals surface area contributed by atoms with E-state index in [9.17, 15) is 14.7 Å². The number of carboxylic acid groups (broad SMARTS) is 2. The molecule has 0 saturated carbocycles. The van der Waals surface area contributed by atoms with Gasteiger partial charge in [-0.2, -0.15) is 0 Å². The lowest BCUT2D eigenvalue weighted by Crippen LogP contribution is -2.31. The summed E-state index contributed by atoms with van der Waals surface area (Å²) in [5, 5.41) is 22.0. The van der Waals surface area contributed by atoms with Crippen LogP contribution in [0.1, 0.15) is 45.5 Å². The van der Waals surface area contributed by atoms with E-state index in [4.69, 9.17) is 41.4 Å². The number of carboxylic acids is 2. The Bertz CT molecular complexity index is 1750. The van der Waals surface area contributed by atoms with Crippen molar-refractivity contribution in [1.82, 2.24) is 10.3 Å². The van der Waals surface area contributed by atoms with Crippen molar-refractivity contribution < 1.29 is 38.7 Å². The zero-order valence-electron chi connectivity index (χ0n) is 25.8. The third-order valence-electron chi connectivity index (χ3n) is 7.73. The van der Waals surface area contributed by atoms with Crippen molar-refractivity contribution >= 4 is 23.5 Å². The predicted octanol–water partition coefficient (Wildman–Crippen LogP) is 5.62. The van der Waals surface area contributed by atoms with Gasteiger partial charge in [0.15, 0.2) is 11.5 Å². The van der Waals surface area contributed by atoms with Gasteiger partial charge in [0, 0.05) is 36.1 Å². The van der Waals surface area contributed by atoms with E-state index in [0.29, 0.717) is 61.2 Å². The van der Waals surface area contributed by atoms with E-state index in [1.54, 1.807) is 18.3 Å². The highest BCUT2D eigenvalue weighted by molar-refractivity contribution is 6.32. The first-order valence-corrected chi connectivity index (χ1v) is 15.5. The van der Waals surface area contributed by atoms with Gasteiger partial charge in [0.05, 0.1) is 10.6 Å². The highest BCUT2D eigenvalue weighted by Gasteiger charge is 2.17. The van der Waals surface area contributed by atoms with Gasteiger partial charge in [-0.05, 0) is 72.8 Å². The van der Waals surface area contributed by atoms with Crippen LogP contribution in [0.25, 0.3) is 11.1 Å². The number of carbonyl (C=O) groups is 2. The molecule has 0 saturated heterocycles. The van der Waals surface area contributed by atoms with Crippen molar-refractivity contribution in [2.45, 2.75) is 45.6 Å². The number of rotatable bonds is 15. The summed E-state index contributed by atoms with van der Waals surface area (Å²) in [5.74, 6) is 0.243. The molecule has 5 N–H and O–H groups in total. The van der Waals surface area contributed by atoms with E-state index in [1.165, 1.54) is 12.3 Å². The van der Waals surface area contributed by atoms with Gasteiger partial charge in [0.25, 0.3) is 0 Å². The van der Waals surface area contributed by atoms with Crippen LogP contribution in [-0.2, 0) is 24.6 Å². The fourth-order valence-electron chi connectivity index (χ4n) is 5.12. The molecule has 12 heteroatoms. The Morgan fingerprint density at radius 1 is 0.979 bits per heavy atom. The number of nitrogens with one attached hydrogen (secondary N) is 1. The monoisotopic (exact) mass is 661 g/mol. The summed E-state index contributed by atoms with van der Waals surface area (Å²) >= 11 is 6.70. The number of pyridine rings is 1. The van der Waals surface area contributed by atoms with Gasteiger partial charge in [0.1, 0.15) is 44.0 Å². The Balaban J connectivity index is 1.32. The van der Waals surface area contributed by atoms with E-state index in [1.807, 2.05) is 37.3 Å². The minimum Gasteiger partial charge on any atom is -0.488 e. The lowest BCUT2D eigenvalue weighted by molar-refractivity contribution is -0.138. The van der Waals surface area contributed by atoms with E-state index in [2.05, 4.69) is 16.4 Å². The maximum Gasteiger partial charge on any atom is 0.337 e. The molecule has 1 aliphatic heterocycles. The molecule has 4 aromatic rings.